The summed E-state index contributed by atoms with van der Waals surface area (Å²) in [5.74, 6) is -0.470. The van der Waals surface area contributed by atoms with Crippen LogP contribution in [-0.2, 0) is 11.2 Å². The number of hydrogen-bond acceptors (Lipinski definition) is 3. The molecule has 1 fully saturated rings. The van der Waals surface area contributed by atoms with E-state index in [4.69, 9.17) is 9.52 Å². The third-order valence-corrected chi connectivity index (χ3v) is 5.62. The predicted octanol–water partition coefficient (Wildman–Crippen LogP) is 4.39. The van der Waals surface area contributed by atoms with Gasteiger partial charge < -0.3 is 14.4 Å². The molecule has 0 atom stereocenters. The minimum atomic E-state index is -1.00. The number of carbonyl (C=O) groups is 2. The second-order valence-corrected chi connectivity index (χ2v) is 7.42. The van der Waals surface area contributed by atoms with Gasteiger partial charge in [-0.05, 0) is 42.0 Å². The number of carboxylic acids is 1. The molecular weight excluding hydrogens is 354 g/mol. The van der Waals surface area contributed by atoms with Crippen molar-refractivity contribution in [3.63, 3.8) is 0 Å². The summed E-state index contributed by atoms with van der Waals surface area (Å²) in [6.07, 6.45) is 2.98. The van der Waals surface area contributed by atoms with E-state index in [1.165, 1.54) is 22.6 Å². The highest BCUT2D eigenvalue weighted by Gasteiger charge is 2.29. The Balaban J connectivity index is 1.51. The minimum Gasteiger partial charge on any atom is -0.481 e. The number of amides is 1. The predicted molar refractivity (Wildman–Crippen MR) is 107 cm³/mol. The maximum atomic E-state index is 13.0. The van der Waals surface area contributed by atoms with E-state index in [0.29, 0.717) is 30.1 Å². The van der Waals surface area contributed by atoms with E-state index < -0.39 is 5.97 Å². The number of rotatable bonds is 4. The molecule has 4 rings (SSSR count). The number of aryl methyl sites for hydroxylation is 1. The van der Waals surface area contributed by atoms with Gasteiger partial charge in [-0.15, -0.1) is 0 Å². The third kappa shape index (κ3) is 3.40. The van der Waals surface area contributed by atoms with E-state index in [1.54, 1.807) is 6.92 Å². The van der Waals surface area contributed by atoms with Gasteiger partial charge in [-0.3, -0.25) is 9.59 Å². The number of furan rings is 1. The SMILES string of the molecule is Cc1coc(CC(=O)O)c1C(=O)N1CCC(c2cccc3ccccc23)CC1. The van der Waals surface area contributed by atoms with Crippen LogP contribution < -0.4 is 0 Å². The summed E-state index contributed by atoms with van der Waals surface area (Å²) >= 11 is 0. The van der Waals surface area contributed by atoms with Gasteiger partial charge in [-0.1, -0.05) is 42.5 Å². The van der Waals surface area contributed by atoms with Crippen LogP contribution in [0.25, 0.3) is 10.8 Å². The fourth-order valence-electron chi connectivity index (χ4n) is 4.21. The molecule has 1 amide bonds. The number of carboxylic acid groups (broad SMARTS) is 1. The molecule has 0 spiro atoms. The number of piperidine rings is 1. The highest BCUT2D eigenvalue weighted by molar-refractivity contribution is 5.97. The lowest BCUT2D eigenvalue weighted by Gasteiger charge is -2.33. The highest BCUT2D eigenvalue weighted by Crippen LogP contribution is 2.34. The summed E-state index contributed by atoms with van der Waals surface area (Å²) in [6.45, 7) is 3.10. The molecule has 0 radical (unpaired) electrons. The van der Waals surface area contributed by atoms with Crippen LogP contribution in [0, 0.1) is 6.92 Å². The van der Waals surface area contributed by atoms with Gasteiger partial charge in [-0.2, -0.15) is 0 Å². The second-order valence-electron chi connectivity index (χ2n) is 7.42. The Labute approximate surface area is 163 Å². The molecule has 1 aromatic heterocycles. The summed E-state index contributed by atoms with van der Waals surface area (Å²) < 4.78 is 5.33. The summed E-state index contributed by atoms with van der Waals surface area (Å²) in [5, 5.41) is 11.6. The number of benzene rings is 2. The summed E-state index contributed by atoms with van der Waals surface area (Å²) in [4.78, 5) is 25.9. The molecule has 1 saturated heterocycles. The van der Waals surface area contributed by atoms with Crippen LogP contribution in [0.15, 0.2) is 53.1 Å². The van der Waals surface area contributed by atoms with Gasteiger partial charge in [0.2, 0.25) is 0 Å². The maximum absolute atomic E-state index is 13.0. The fourth-order valence-corrected chi connectivity index (χ4v) is 4.21. The van der Waals surface area contributed by atoms with E-state index in [-0.39, 0.29) is 18.1 Å². The van der Waals surface area contributed by atoms with Crippen molar-refractivity contribution in [3.8, 4) is 0 Å². The first-order valence-electron chi connectivity index (χ1n) is 9.60. The zero-order chi connectivity index (χ0) is 19.7. The van der Waals surface area contributed by atoms with Crippen molar-refractivity contribution < 1.29 is 19.1 Å². The van der Waals surface area contributed by atoms with Crippen molar-refractivity contribution in [2.75, 3.05) is 13.1 Å². The van der Waals surface area contributed by atoms with Gasteiger partial charge >= 0.3 is 5.97 Å². The summed E-state index contributed by atoms with van der Waals surface area (Å²) in [6, 6.07) is 14.8. The Hall–Kier alpha value is -3.08. The Morgan fingerprint density at radius 1 is 1.11 bits per heavy atom. The van der Waals surface area contributed by atoms with Gasteiger partial charge in [0.1, 0.15) is 12.2 Å². The van der Waals surface area contributed by atoms with Crippen molar-refractivity contribution in [3.05, 3.63) is 71.2 Å². The molecule has 1 aliphatic rings. The third-order valence-electron chi connectivity index (χ3n) is 5.62. The highest BCUT2D eigenvalue weighted by atomic mass is 16.4. The number of carbonyl (C=O) groups excluding carboxylic acids is 1. The van der Waals surface area contributed by atoms with Crippen LogP contribution in [0.4, 0.5) is 0 Å². The van der Waals surface area contributed by atoms with Gasteiger partial charge in [0.25, 0.3) is 5.91 Å². The van der Waals surface area contributed by atoms with E-state index in [1.807, 2.05) is 4.90 Å². The number of fused-ring (bicyclic) bond motifs is 1. The Kier molecular flexibility index (Phi) is 4.90. The molecule has 3 aromatic rings. The molecule has 1 aliphatic heterocycles. The first-order chi connectivity index (χ1) is 13.5. The Morgan fingerprint density at radius 2 is 1.82 bits per heavy atom. The zero-order valence-corrected chi connectivity index (χ0v) is 15.9. The molecule has 5 nitrogen and oxygen atoms in total. The van der Waals surface area contributed by atoms with Crippen molar-refractivity contribution in [1.29, 1.82) is 0 Å². The number of likely N-dealkylation sites (tertiary alicyclic amines) is 1. The zero-order valence-electron chi connectivity index (χ0n) is 15.9. The largest absolute Gasteiger partial charge is 0.481 e. The van der Waals surface area contributed by atoms with Crippen LogP contribution >= 0.6 is 0 Å². The molecule has 0 bridgehead atoms. The number of hydrogen-bond donors (Lipinski definition) is 1. The molecular formula is C23H23NO4. The van der Waals surface area contributed by atoms with Crippen molar-refractivity contribution in [1.82, 2.24) is 4.90 Å². The Bertz CT molecular complexity index is 1020. The average molecular weight is 377 g/mol. The lowest BCUT2D eigenvalue weighted by Crippen LogP contribution is -2.38. The first kappa shape index (κ1) is 18.3. The lowest BCUT2D eigenvalue weighted by atomic mass is 9.86. The van der Waals surface area contributed by atoms with Gasteiger partial charge in [0, 0.05) is 18.7 Å². The molecule has 28 heavy (non-hydrogen) atoms. The topological polar surface area (TPSA) is 70.7 Å². The summed E-state index contributed by atoms with van der Waals surface area (Å²) in [7, 11) is 0. The average Bonchev–Trinajstić information content (AvgIpc) is 3.06. The molecule has 0 aliphatic carbocycles. The summed E-state index contributed by atoms with van der Waals surface area (Å²) in [5.41, 5.74) is 2.44. The van der Waals surface area contributed by atoms with Crippen LogP contribution in [0.5, 0.6) is 0 Å². The van der Waals surface area contributed by atoms with Gasteiger partial charge in [-0.25, -0.2) is 0 Å². The number of aliphatic carboxylic acids is 1. The molecule has 2 heterocycles. The number of nitrogens with zero attached hydrogens (tertiary/aromatic N) is 1. The monoisotopic (exact) mass is 377 g/mol. The van der Waals surface area contributed by atoms with Crippen LogP contribution in [0.1, 0.15) is 46.0 Å². The molecule has 0 unspecified atom stereocenters. The van der Waals surface area contributed by atoms with E-state index >= 15 is 0 Å². The van der Waals surface area contributed by atoms with E-state index in [2.05, 4.69) is 42.5 Å². The lowest BCUT2D eigenvalue weighted by molar-refractivity contribution is -0.136. The molecule has 2 aromatic carbocycles. The molecule has 144 valence electrons. The van der Waals surface area contributed by atoms with Gasteiger partial charge in [0.05, 0.1) is 11.8 Å². The fraction of sp³-hybridized carbons (Fsp3) is 0.304. The quantitative estimate of drug-likeness (QED) is 0.732. The Morgan fingerprint density at radius 3 is 2.57 bits per heavy atom. The van der Waals surface area contributed by atoms with Crippen molar-refractivity contribution in [2.24, 2.45) is 0 Å². The van der Waals surface area contributed by atoms with Crippen LogP contribution in [0.2, 0.25) is 0 Å². The molecule has 1 N–H and O–H groups in total. The van der Waals surface area contributed by atoms with Crippen LogP contribution in [-0.4, -0.2) is 35.0 Å². The standard InChI is InChI=1S/C23H23NO4/c1-15-14-28-20(13-21(25)26)22(15)23(27)24-11-9-17(10-12-24)19-8-4-6-16-5-2-3-7-18(16)19/h2-8,14,17H,9-13H2,1H3,(H,25,26). The normalized spacial score (nSPS) is 15.1. The minimum absolute atomic E-state index is 0.126. The van der Waals surface area contributed by atoms with Gasteiger partial charge in [0.15, 0.2) is 0 Å². The van der Waals surface area contributed by atoms with E-state index in [9.17, 15) is 9.59 Å². The maximum Gasteiger partial charge on any atom is 0.311 e. The smallest absolute Gasteiger partial charge is 0.311 e. The first-order valence-corrected chi connectivity index (χ1v) is 9.60. The second kappa shape index (κ2) is 7.50. The van der Waals surface area contributed by atoms with Crippen molar-refractivity contribution in [2.45, 2.75) is 32.1 Å². The molecule has 0 saturated carbocycles. The van der Waals surface area contributed by atoms with E-state index in [0.717, 1.165) is 12.8 Å². The van der Waals surface area contributed by atoms with Crippen LogP contribution in [0.3, 0.4) is 0 Å². The molecule has 5 heteroatoms. The van der Waals surface area contributed by atoms with Crippen molar-refractivity contribution >= 4 is 22.6 Å².